The standard InChI is InChI=1S/C12H13FN2S/c1-8(14)11-7-15-12(16-11)6-9-2-4-10(13)5-3-9/h2-5,7-8H,6,14H2,1H3. The van der Waals surface area contributed by atoms with Gasteiger partial charge in [0.2, 0.25) is 0 Å². The zero-order chi connectivity index (χ0) is 11.5. The zero-order valence-corrected chi connectivity index (χ0v) is 9.80. The molecule has 0 spiro atoms. The molecule has 0 aliphatic heterocycles. The molecule has 4 heteroatoms. The number of hydrogen-bond acceptors (Lipinski definition) is 3. The topological polar surface area (TPSA) is 38.9 Å². The third kappa shape index (κ3) is 2.65. The van der Waals surface area contributed by atoms with Crippen LogP contribution in [-0.2, 0) is 6.42 Å². The molecule has 2 N–H and O–H groups in total. The second-order valence-corrected chi connectivity index (χ2v) is 4.90. The molecule has 1 unspecified atom stereocenters. The van der Waals surface area contributed by atoms with Crippen LogP contribution < -0.4 is 5.73 Å². The maximum Gasteiger partial charge on any atom is 0.123 e. The molecular weight excluding hydrogens is 223 g/mol. The number of aromatic nitrogens is 1. The molecule has 2 nitrogen and oxygen atoms in total. The Labute approximate surface area is 97.9 Å². The van der Waals surface area contributed by atoms with E-state index in [9.17, 15) is 4.39 Å². The first-order valence-corrected chi connectivity index (χ1v) is 5.91. The molecule has 84 valence electrons. The Morgan fingerprint density at radius 3 is 2.62 bits per heavy atom. The molecule has 0 saturated heterocycles. The molecule has 0 amide bonds. The van der Waals surface area contributed by atoms with Crippen LogP contribution in [0.15, 0.2) is 30.5 Å². The van der Waals surface area contributed by atoms with E-state index in [0.29, 0.717) is 0 Å². The van der Waals surface area contributed by atoms with E-state index < -0.39 is 0 Å². The number of rotatable bonds is 3. The first-order valence-electron chi connectivity index (χ1n) is 5.10. The van der Waals surface area contributed by atoms with Crippen LogP contribution in [0.25, 0.3) is 0 Å². The molecule has 0 aliphatic rings. The maximum absolute atomic E-state index is 12.7. The summed E-state index contributed by atoms with van der Waals surface area (Å²) in [6.07, 6.45) is 2.55. The lowest BCUT2D eigenvalue weighted by Gasteiger charge is -1.98. The van der Waals surface area contributed by atoms with Gasteiger partial charge in [-0.05, 0) is 24.6 Å². The van der Waals surface area contributed by atoms with Crippen molar-refractivity contribution >= 4 is 11.3 Å². The van der Waals surface area contributed by atoms with Gasteiger partial charge < -0.3 is 5.73 Å². The van der Waals surface area contributed by atoms with E-state index in [1.807, 2.05) is 13.1 Å². The minimum absolute atomic E-state index is 0.0273. The van der Waals surface area contributed by atoms with Crippen LogP contribution in [0, 0.1) is 5.82 Å². The van der Waals surface area contributed by atoms with Crippen molar-refractivity contribution in [2.75, 3.05) is 0 Å². The number of nitrogens with two attached hydrogens (primary N) is 1. The minimum atomic E-state index is -0.209. The fourth-order valence-corrected chi connectivity index (χ4v) is 2.30. The first-order chi connectivity index (χ1) is 7.65. The zero-order valence-electron chi connectivity index (χ0n) is 8.98. The molecule has 1 atom stereocenters. The summed E-state index contributed by atoms with van der Waals surface area (Å²) in [4.78, 5) is 5.38. The largest absolute Gasteiger partial charge is 0.323 e. The van der Waals surface area contributed by atoms with Gasteiger partial charge in [-0.15, -0.1) is 11.3 Å². The molecule has 1 aromatic heterocycles. The normalized spacial score (nSPS) is 12.7. The second-order valence-electron chi connectivity index (χ2n) is 3.75. The van der Waals surface area contributed by atoms with Crippen molar-refractivity contribution in [3.8, 4) is 0 Å². The Hall–Kier alpha value is -1.26. The molecule has 2 rings (SSSR count). The lowest BCUT2D eigenvalue weighted by Crippen LogP contribution is -2.01. The SMILES string of the molecule is CC(N)c1cnc(Cc2ccc(F)cc2)s1. The van der Waals surface area contributed by atoms with E-state index in [-0.39, 0.29) is 11.9 Å². The fraction of sp³-hybridized carbons (Fsp3) is 0.250. The maximum atomic E-state index is 12.7. The summed E-state index contributed by atoms with van der Waals surface area (Å²) in [7, 11) is 0. The van der Waals surface area contributed by atoms with Gasteiger partial charge in [0.15, 0.2) is 0 Å². The third-order valence-corrected chi connectivity index (χ3v) is 3.49. The molecular formula is C12H13FN2S. The first kappa shape index (κ1) is 11.2. The van der Waals surface area contributed by atoms with Crippen molar-refractivity contribution in [1.82, 2.24) is 4.98 Å². The predicted molar refractivity (Wildman–Crippen MR) is 63.9 cm³/mol. The van der Waals surface area contributed by atoms with E-state index in [4.69, 9.17) is 5.73 Å². The Kier molecular flexibility index (Phi) is 3.31. The van der Waals surface area contributed by atoms with E-state index in [0.717, 1.165) is 21.9 Å². The van der Waals surface area contributed by atoms with Crippen molar-refractivity contribution < 1.29 is 4.39 Å². The average molecular weight is 236 g/mol. The van der Waals surface area contributed by atoms with Gasteiger partial charge in [-0.25, -0.2) is 9.37 Å². The van der Waals surface area contributed by atoms with Crippen molar-refractivity contribution in [3.05, 3.63) is 51.7 Å². The van der Waals surface area contributed by atoms with E-state index in [2.05, 4.69) is 4.98 Å². The predicted octanol–water partition coefficient (Wildman–Crippen LogP) is 2.89. The molecule has 1 aromatic carbocycles. The van der Waals surface area contributed by atoms with Gasteiger partial charge in [0.05, 0.1) is 5.01 Å². The Morgan fingerprint density at radius 2 is 2.06 bits per heavy atom. The molecule has 0 saturated carbocycles. The summed E-state index contributed by atoms with van der Waals surface area (Å²) in [5.74, 6) is -0.209. The summed E-state index contributed by atoms with van der Waals surface area (Å²) >= 11 is 1.61. The monoisotopic (exact) mass is 236 g/mol. The van der Waals surface area contributed by atoms with Gasteiger partial charge in [-0.2, -0.15) is 0 Å². The minimum Gasteiger partial charge on any atom is -0.323 e. The highest BCUT2D eigenvalue weighted by atomic mass is 32.1. The number of nitrogens with zero attached hydrogens (tertiary/aromatic N) is 1. The van der Waals surface area contributed by atoms with Crippen molar-refractivity contribution in [2.45, 2.75) is 19.4 Å². The molecule has 0 radical (unpaired) electrons. The number of benzene rings is 1. The quantitative estimate of drug-likeness (QED) is 0.890. The molecule has 0 fully saturated rings. The summed E-state index contributed by atoms with van der Waals surface area (Å²) in [6.45, 7) is 1.94. The van der Waals surface area contributed by atoms with E-state index in [1.165, 1.54) is 12.1 Å². The summed E-state index contributed by atoms with van der Waals surface area (Å²) in [6, 6.07) is 6.52. The van der Waals surface area contributed by atoms with Crippen molar-refractivity contribution in [2.24, 2.45) is 5.73 Å². The van der Waals surface area contributed by atoms with Crippen LogP contribution in [0.4, 0.5) is 4.39 Å². The molecule has 2 aromatic rings. The Morgan fingerprint density at radius 1 is 1.38 bits per heavy atom. The number of thiazole rings is 1. The van der Waals surface area contributed by atoms with E-state index in [1.54, 1.807) is 23.5 Å². The molecule has 1 heterocycles. The van der Waals surface area contributed by atoms with E-state index >= 15 is 0 Å². The van der Waals surface area contributed by atoms with Gasteiger partial charge in [0.25, 0.3) is 0 Å². The average Bonchev–Trinajstić information content (AvgIpc) is 2.70. The van der Waals surface area contributed by atoms with Gasteiger partial charge >= 0.3 is 0 Å². The van der Waals surface area contributed by atoms with Crippen LogP contribution >= 0.6 is 11.3 Å². The van der Waals surface area contributed by atoms with Crippen molar-refractivity contribution in [1.29, 1.82) is 0 Å². The van der Waals surface area contributed by atoms with Crippen LogP contribution in [0.2, 0.25) is 0 Å². The fourth-order valence-electron chi connectivity index (χ4n) is 1.39. The molecule has 0 bridgehead atoms. The van der Waals surface area contributed by atoms with Gasteiger partial charge in [-0.3, -0.25) is 0 Å². The van der Waals surface area contributed by atoms with Crippen LogP contribution in [0.1, 0.15) is 28.4 Å². The smallest absolute Gasteiger partial charge is 0.123 e. The Bertz CT molecular complexity index is 462. The molecule has 16 heavy (non-hydrogen) atoms. The summed E-state index contributed by atoms with van der Waals surface area (Å²) in [5, 5.41) is 1.01. The second kappa shape index (κ2) is 4.72. The summed E-state index contributed by atoms with van der Waals surface area (Å²) in [5.41, 5.74) is 6.82. The lowest BCUT2D eigenvalue weighted by molar-refractivity contribution is 0.627. The van der Waals surface area contributed by atoms with Gasteiger partial charge in [-0.1, -0.05) is 12.1 Å². The highest BCUT2D eigenvalue weighted by Crippen LogP contribution is 2.21. The van der Waals surface area contributed by atoms with Crippen LogP contribution in [-0.4, -0.2) is 4.98 Å². The van der Waals surface area contributed by atoms with Gasteiger partial charge in [0, 0.05) is 23.5 Å². The number of halogens is 1. The number of hydrogen-bond donors (Lipinski definition) is 1. The Balaban J connectivity index is 2.11. The third-order valence-electron chi connectivity index (χ3n) is 2.29. The summed E-state index contributed by atoms with van der Waals surface area (Å²) < 4.78 is 12.7. The highest BCUT2D eigenvalue weighted by molar-refractivity contribution is 7.11. The van der Waals surface area contributed by atoms with Crippen LogP contribution in [0.5, 0.6) is 0 Å². The van der Waals surface area contributed by atoms with Crippen LogP contribution in [0.3, 0.4) is 0 Å². The van der Waals surface area contributed by atoms with Crippen molar-refractivity contribution in [3.63, 3.8) is 0 Å². The lowest BCUT2D eigenvalue weighted by atomic mass is 10.2. The highest BCUT2D eigenvalue weighted by Gasteiger charge is 2.06. The van der Waals surface area contributed by atoms with Gasteiger partial charge in [0.1, 0.15) is 5.82 Å². The molecule has 0 aliphatic carbocycles.